The summed E-state index contributed by atoms with van der Waals surface area (Å²) in [6.07, 6.45) is 0.750. The quantitative estimate of drug-likeness (QED) is 0.261. The molecule has 5 nitrogen and oxygen atoms in total. The number of hydrogen-bond donors (Lipinski definition) is 3. The van der Waals surface area contributed by atoms with Crippen LogP contribution in [0.4, 0.5) is 0 Å². The monoisotopic (exact) mass is 172 g/mol. The van der Waals surface area contributed by atoms with E-state index in [1.54, 1.807) is 0 Å². The van der Waals surface area contributed by atoms with Gasteiger partial charge in [-0.3, -0.25) is 5.41 Å². The minimum atomic E-state index is -3.40. The summed E-state index contributed by atoms with van der Waals surface area (Å²) < 4.78 is 24.3. The smallest absolute Gasteiger partial charge is 0.390 e. The maximum Gasteiger partial charge on any atom is 0.433 e. The molecular formula is CH5BrN2O3. The molecule has 0 aliphatic rings. The molecule has 0 amide bonds. The van der Waals surface area contributed by atoms with Gasteiger partial charge in [0.05, 0.1) is 6.34 Å². The van der Waals surface area contributed by atoms with Crippen LogP contribution in [0.15, 0.2) is 0 Å². The van der Waals surface area contributed by atoms with Crippen LogP contribution in [0.25, 0.3) is 0 Å². The van der Waals surface area contributed by atoms with Crippen molar-refractivity contribution in [2.75, 3.05) is 0 Å². The predicted octanol–water partition coefficient (Wildman–Crippen LogP) is -3.38. The molecule has 0 fully saturated rings. The summed E-state index contributed by atoms with van der Waals surface area (Å²) in [7, 11) is 0. The van der Waals surface area contributed by atoms with Gasteiger partial charge in [0.2, 0.25) is 0 Å². The molecule has 0 rings (SSSR count). The Morgan fingerprint density at radius 2 is 1.71 bits per heavy atom. The molecule has 0 saturated carbocycles. The molecule has 6 heteroatoms. The van der Waals surface area contributed by atoms with Crippen LogP contribution < -0.4 is 14.1 Å². The summed E-state index contributed by atoms with van der Waals surface area (Å²) in [5.74, 6) is 0. The molecule has 4 N–H and O–H groups in total. The molecule has 0 bridgehead atoms. The van der Waals surface area contributed by atoms with Gasteiger partial charge in [0.15, 0.2) is 0 Å². The summed E-state index contributed by atoms with van der Waals surface area (Å²) in [4.78, 5) is 0. The summed E-state index contributed by atoms with van der Waals surface area (Å²) in [5.41, 5.74) is 4.39. The van der Waals surface area contributed by atoms with Crippen molar-refractivity contribution >= 4 is 6.34 Å². The second-order valence-corrected chi connectivity index (χ2v) is 1.21. The van der Waals surface area contributed by atoms with E-state index in [2.05, 4.69) is 5.73 Å². The van der Waals surface area contributed by atoms with Crippen LogP contribution in [-0.2, 0) is 0 Å². The fraction of sp³-hybridized carbons (Fsp3) is 0. The van der Waals surface area contributed by atoms with Crippen molar-refractivity contribution < 1.29 is 27.4 Å². The van der Waals surface area contributed by atoms with Crippen molar-refractivity contribution in [2.45, 2.75) is 0 Å². The Labute approximate surface area is 45.7 Å². The zero-order chi connectivity index (χ0) is 6.28. The van der Waals surface area contributed by atoms with Gasteiger partial charge in [-0.05, 0) is 4.20 Å². The maximum atomic E-state index is 8.63. The highest BCUT2D eigenvalue weighted by molar-refractivity contribution is 5.46. The standard InChI is InChI=1S/CH4N2.BrHO3/c2-1-3;2-1(3)4/h1H,(H3,2,3);2H. The van der Waals surface area contributed by atoms with Crippen LogP contribution in [0.5, 0.6) is 0 Å². The number of nitrogens with two attached hydrogens (primary N) is 1. The number of rotatable bonds is 0. The molecule has 0 aromatic carbocycles. The third-order valence-electron chi connectivity index (χ3n) is 0. The average molecular weight is 173 g/mol. The van der Waals surface area contributed by atoms with E-state index in [1.165, 1.54) is 0 Å². The molecule has 0 atom stereocenters. The van der Waals surface area contributed by atoms with Crippen LogP contribution >= 0.6 is 0 Å². The Bertz CT molecular complexity index is 37.2. The lowest BCUT2D eigenvalue weighted by molar-refractivity contribution is -1.63. The Morgan fingerprint density at radius 3 is 1.71 bits per heavy atom. The first kappa shape index (κ1) is 9.95. The Hall–Kier alpha value is -0.170. The van der Waals surface area contributed by atoms with Crippen molar-refractivity contribution in [1.82, 2.24) is 0 Å². The van der Waals surface area contributed by atoms with E-state index in [4.69, 9.17) is 18.0 Å². The lowest BCUT2D eigenvalue weighted by atomic mass is 11.4. The van der Waals surface area contributed by atoms with Gasteiger partial charge < -0.3 is 14.1 Å². The Balaban J connectivity index is 0. The first-order valence-electron chi connectivity index (χ1n) is 1.10. The third kappa shape index (κ3) is 2960. The van der Waals surface area contributed by atoms with E-state index >= 15 is 0 Å². The molecule has 0 unspecified atom stereocenters. The first-order valence-corrected chi connectivity index (χ1v) is 3.10. The van der Waals surface area contributed by atoms with Gasteiger partial charge in [0.25, 0.3) is 0 Å². The average Bonchev–Trinajstić information content (AvgIpc) is 1.33. The third-order valence-corrected chi connectivity index (χ3v) is 0. The van der Waals surface area contributed by atoms with Crippen molar-refractivity contribution in [1.29, 1.82) is 5.41 Å². The van der Waals surface area contributed by atoms with Crippen molar-refractivity contribution in [3.8, 4) is 0 Å². The van der Waals surface area contributed by atoms with Gasteiger partial charge in [-0.1, -0.05) is 0 Å². The fourth-order valence-corrected chi connectivity index (χ4v) is 0. The van der Waals surface area contributed by atoms with Gasteiger partial charge >= 0.3 is 14.8 Å². The van der Waals surface area contributed by atoms with Gasteiger partial charge in [-0.25, -0.2) is 0 Å². The highest BCUT2D eigenvalue weighted by Crippen LogP contribution is 1.38. The molecule has 0 aliphatic carbocycles. The van der Waals surface area contributed by atoms with E-state index in [1.807, 2.05) is 0 Å². The van der Waals surface area contributed by atoms with E-state index in [0.29, 0.717) is 0 Å². The molecule has 0 aliphatic heterocycles. The molecule has 0 aromatic heterocycles. The molecule has 0 radical (unpaired) electrons. The fourth-order valence-electron chi connectivity index (χ4n) is 0. The van der Waals surface area contributed by atoms with Gasteiger partial charge in [-0.15, -0.1) is 0 Å². The summed E-state index contributed by atoms with van der Waals surface area (Å²) in [5, 5.41) is 5.86. The topological polar surface area (TPSA) is 116 Å². The minimum absolute atomic E-state index is 0.750. The lowest BCUT2D eigenvalue weighted by Gasteiger charge is -1.69. The molecule has 7 heavy (non-hydrogen) atoms. The zero-order valence-electron chi connectivity index (χ0n) is 3.30. The summed E-state index contributed by atoms with van der Waals surface area (Å²) >= 11 is -3.40. The Kier molecular flexibility index (Phi) is 13.2. The number of nitrogens with one attached hydrogen (secondary N) is 1. The second-order valence-electron chi connectivity index (χ2n) is 0.368. The molecule has 0 aromatic rings. The molecule has 44 valence electrons. The van der Waals surface area contributed by atoms with E-state index in [0.717, 1.165) is 6.34 Å². The predicted molar refractivity (Wildman–Crippen MR) is 15.2 cm³/mol. The maximum absolute atomic E-state index is 8.63. The number of hydrogen-bond acceptors (Lipinski definition) is 4. The van der Waals surface area contributed by atoms with E-state index in [9.17, 15) is 0 Å². The van der Waals surface area contributed by atoms with E-state index in [-0.39, 0.29) is 0 Å². The van der Waals surface area contributed by atoms with Crippen molar-refractivity contribution in [2.24, 2.45) is 5.73 Å². The van der Waals surface area contributed by atoms with Crippen LogP contribution in [0.1, 0.15) is 0 Å². The zero-order valence-corrected chi connectivity index (χ0v) is 4.88. The first-order chi connectivity index (χ1) is 3.15. The minimum Gasteiger partial charge on any atom is -0.390 e. The van der Waals surface area contributed by atoms with E-state index < -0.39 is 14.8 Å². The highest BCUT2D eigenvalue weighted by atomic mass is 80.0. The van der Waals surface area contributed by atoms with Crippen molar-refractivity contribution in [3.63, 3.8) is 0 Å². The molecule has 0 saturated heterocycles. The van der Waals surface area contributed by atoms with Crippen LogP contribution in [0.3, 0.4) is 0 Å². The normalized spacial score (nSPS) is 6.86. The largest absolute Gasteiger partial charge is 0.433 e. The molecule has 0 heterocycles. The number of halogens is 1. The molecular weight excluding hydrogens is 168 g/mol. The van der Waals surface area contributed by atoms with Gasteiger partial charge in [0, 0.05) is 0 Å². The lowest BCUT2D eigenvalue weighted by Crippen LogP contribution is -2.30. The second kappa shape index (κ2) is 9.27. The van der Waals surface area contributed by atoms with Crippen molar-refractivity contribution in [3.05, 3.63) is 0 Å². The Morgan fingerprint density at radius 1 is 1.71 bits per heavy atom. The van der Waals surface area contributed by atoms with Gasteiger partial charge in [-0.2, -0.15) is 0 Å². The van der Waals surface area contributed by atoms with Crippen LogP contribution in [0, 0.1) is 20.2 Å². The van der Waals surface area contributed by atoms with Crippen LogP contribution in [-0.4, -0.2) is 10.5 Å². The summed E-state index contributed by atoms with van der Waals surface area (Å²) in [6.45, 7) is 0. The SMILES string of the molecule is N=CN.[O-][Br+2]([O-])O. The summed E-state index contributed by atoms with van der Waals surface area (Å²) in [6, 6.07) is 0. The molecule has 0 spiro atoms. The van der Waals surface area contributed by atoms with Gasteiger partial charge in [0.1, 0.15) is 0 Å². The highest BCUT2D eigenvalue weighted by Gasteiger charge is 1.86. The van der Waals surface area contributed by atoms with Crippen LogP contribution in [0.2, 0.25) is 0 Å².